The van der Waals surface area contributed by atoms with E-state index in [1.165, 1.54) is 25.7 Å². The molecule has 0 radical (unpaired) electrons. The first-order valence-corrected chi connectivity index (χ1v) is 12.5. The van der Waals surface area contributed by atoms with Crippen LogP contribution in [-0.4, -0.2) is 43.0 Å². The fourth-order valence-corrected chi connectivity index (χ4v) is 9.13. The molecule has 1 heterocycles. The fourth-order valence-electron chi connectivity index (χ4n) is 9.13. The third kappa shape index (κ3) is 3.00. The molecule has 0 aliphatic heterocycles. The van der Waals surface area contributed by atoms with Gasteiger partial charge in [-0.05, 0) is 97.7 Å². The maximum atomic E-state index is 11.7. The lowest BCUT2D eigenvalue weighted by Gasteiger charge is -2.64. The third-order valence-electron chi connectivity index (χ3n) is 10.7. The predicted molar refractivity (Wildman–Crippen MR) is 114 cm³/mol. The second-order valence-electron chi connectivity index (χ2n) is 11.6. The Morgan fingerprint density at radius 3 is 2.50 bits per heavy atom. The molecule has 0 spiro atoms. The van der Waals surface area contributed by atoms with Gasteiger partial charge in [0.25, 0.3) is 0 Å². The second kappa shape index (κ2) is 7.54. The first-order chi connectivity index (χ1) is 14.4. The Morgan fingerprint density at radius 1 is 1.00 bits per heavy atom. The molecule has 10 atom stereocenters. The van der Waals surface area contributed by atoms with E-state index in [-0.39, 0.29) is 17.6 Å². The van der Waals surface area contributed by atoms with E-state index < -0.39 is 0 Å². The van der Waals surface area contributed by atoms with Crippen molar-refractivity contribution in [2.75, 3.05) is 0 Å². The summed E-state index contributed by atoms with van der Waals surface area (Å²) < 4.78 is 0. The number of rotatable bonds is 4. The smallest absolute Gasteiger partial charge is 0.174 e. The molecule has 6 heteroatoms. The van der Waals surface area contributed by atoms with Crippen molar-refractivity contribution in [3.63, 3.8) is 0 Å². The van der Waals surface area contributed by atoms with Gasteiger partial charge in [-0.3, -0.25) is 0 Å². The highest BCUT2D eigenvalue weighted by Gasteiger charge is 2.64. The Balaban J connectivity index is 1.41. The van der Waals surface area contributed by atoms with Crippen molar-refractivity contribution >= 4 is 0 Å². The van der Waals surface area contributed by atoms with E-state index in [4.69, 9.17) is 0 Å². The molecule has 4 fully saturated rings. The fraction of sp³-hybridized carbons (Fsp3) is 0.958. The van der Waals surface area contributed by atoms with Gasteiger partial charge in [0, 0.05) is 6.42 Å². The van der Waals surface area contributed by atoms with Crippen molar-refractivity contribution in [2.45, 2.75) is 97.2 Å². The van der Waals surface area contributed by atoms with Gasteiger partial charge in [0.15, 0.2) is 5.82 Å². The van der Waals surface area contributed by atoms with Crippen LogP contribution in [0.5, 0.6) is 0 Å². The number of aliphatic hydroxyl groups excluding tert-OH is 2. The van der Waals surface area contributed by atoms with E-state index in [1.807, 2.05) is 0 Å². The van der Waals surface area contributed by atoms with Gasteiger partial charge in [-0.15, -0.1) is 10.2 Å². The minimum Gasteiger partial charge on any atom is -0.393 e. The molecular weight excluding hydrogens is 376 g/mol. The molecule has 4 unspecified atom stereocenters. The van der Waals surface area contributed by atoms with Gasteiger partial charge in [0.05, 0.1) is 12.2 Å². The van der Waals surface area contributed by atoms with Crippen LogP contribution < -0.4 is 0 Å². The van der Waals surface area contributed by atoms with Crippen LogP contribution in [-0.2, 0) is 6.42 Å². The number of fused-ring (bicyclic) bond motifs is 5. The Morgan fingerprint density at radius 2 is 1.77 bits per heavy atom. The van der Waals surface area contributed by atoms with Crippen LogP contribution in [0.25, 0.3) is 0 Å². The van der Waals surface area contributed by atoms with Gasteiger partial charge in [-0.25, -0.2) is 0 Å². The van der Waals surface area contributed by atoms with Gasteiger partial charge in [0.1, 0.15) is 0 Å². The van der Waals surface area contributed by atoms with Crippen LogP contribution in [0.2, 0.25) is 0 Å². The van der Waals surface area contributed by atoms with Crippen molar-refractivity contribution in [2.24, 2.45) is 46.3 Å². The average molecular weight is 417 g/mol. The highest BCUT2D eigenvalue weighted by Crippen LogP contribution is 2.69. The SMILES string of the molecule is CC[C@@H]1C2C[C@H](O)CC[C@]2(C)C2CC[C@@]3(C)C(CC[C@@H]3CCc3nn[nH]n3)C2[C@@H]1O. The number of hydrogen-bond acceptors (Lipinski definition) is 5. The number of H-pyrrole nitrogens is 1. The largest absolute Gasteiger partial charge is 0.393 e. The van der Waals surface area contributed by atoms with Gasteiger partial charge >= 0.3 is 0 Å². The Kier molecular flexibility index (Phi) is 5.25. The van der Waals surface area contributed by atoms with Gasteiger partial charge in [0.2, 0.25) is 0 Å². The van der Waals surface area contributed by atoms with Gasteiger partial charge in [-0.1, -0.05) is 32.4 Å². The molecule has 0 saturated heterocycles. The van der Waals surface area contributed by atoms with Crippen molar-refractivity contribution in [3.05, 3.63) is 5.82 Å². The number of aryl methyl sites for hydroxylation is 1. The van der Waals surface area contributed by atoms with Crippen LogP contribution in [0.15, 0.2) is 0 Å². The van der Waals surface area contributed by atoms with E-state index in [9.17, 15) is 10.2 Å². The summed E-state index contributed by atoms with van der Waals surface area (Å²) in [6.45, 7) is 7.29. The number of aliphatic hydroxyl groups is 2. The van der Waals surface area contributed by atoms with Crippen molar-refractivity contribution in [1.29, 1.82) is 0 Å². The standard InChI is InChI=1S/C24H40N4O2/c1-4-16-19-13-15(29)9-11-24(19,3)18-10-12-23(2)14(6-8-20-25-27-28-26-20)5-7-17(23)21(18)22(16)30/h14-19,21-22,29-30H,4-13H2,1-3H3,(H,25,26,27,28)/t14-,15-,16-,17?,18?,19?,21?,22-,23-,24-/m1/s1. The first kappa shape index (κ1) is 20.9. The quantitative estimate of drug-likeness (QED) is 0.695. The van der Waals surface area contributed by atoms with Crippen LogP contribution >= 0.6 is 0 Å². The molecule has 0 bridgehead atoms. The summed E-state index contributed by atoms with van der Waals surface area (Å²) in [7, 11) is 0. The summed E-state index contributed by atoms with van der Waals surface area (Å²) in [5, 5.41) is 36.7. The van der Waals surface area contributed by atoms with Crippen LogP contribution in [0.4, 0.5) is 0 Å². The van der Waals surface area contributed by atoms with Crippen molar-refractivity contribution in [3.8, 4) is 0 Å². The molecule has 0 aromatic carbocycles. The van der Waals surface area contributed by atoms with E-state index >= 15 is 0 Å². The predicted octanol–water partition coefficient (Wildman–Crippen LogP) is 3.76. The number of aromatic amines is 1. The Labute approximate surface area is 180 Å². The molecular formula is C24H40N4O2. The molecule has 1 aromatic heterocycles. The summed E-state index contributed by atoms with van der Waals surface area (Å²) in [5.74, 6) is 4.00. The molecule has 30 heavy (non-hydrogen) atoms. The molecule has 168 valence electrons. The molecule has 4 aliphatic rings. The zero-order chi connectivity index (χ0) is 21.1. The molecule has 5 rings (SSSR count). The zero-order valence-electron chi connectivity index (χ0n) is 18.9. The maximum Gasteiger partial charge on any atom is 0.174 e. The third-order valence-corrected chi connectivity index (χ3v) is 10.7. The molecule has 3 N–H and O–H groups in total. The second-order valence-corrected chi connectivity index (χ2v) is 11.6. The highest BCUT2D eigenvalue weighted by molar-refractivity contribution is 5.13. The van der Waals surface area contributed by atoms with Crippen molar-refractivity contribution in [1.82, 2.24) is 20.6 Å². The summed E-state index contributed by atoms with van der Waals surface area (Å²) in [4.78, 5) is 0. The summed E-state index contributed by atoms with van der Waals surface area (Å²) in [6.07, 6.45) is 10.7. The average Bonchev–Trinajstić information content (AvgIpc) is 3.35. The van der Waals surface area contributed by atoms with Gasteiger partial charge < -0.3 is 10.2 Å². The Hall–Kier alpha value is -1.01. The van der Waals surface area contributed by atoms with Crippen LogP contribution in [0.1, 0.15) is 84.4 Å². The molecule has 4 aliphatic carbocycles. The summed E-state index contributed by atoms with van der Waals surface area (Å²) >= 11 is 0. The minimum absolute atomic E-state index is 0.171. The molecule has 6 nitrogen and oxygen atoms in total. The molecule has 1 aromatic rings. The molecule has 4 saturated carbocycles. The number of nitrogens with zero attached hydrogens (tertiary/aromatic N) is 3. The summed E-state index contributed by atoms with van der Waals surface area (Å²) in [5.41, 5.74) is 0.607. The summed E-state index contributed by atoms with van der Waals surface area (Å²) in [6, 6.07) is 0. The van der Waals surface area contributed by atoms with E-state index in [0.717, 1.165) is 44.3 Å². The number of hydrogen-bond donors (Lipinski definition) is 3. The number of tetrazole rings is 1. The number of aromatic nitrogens is 4. The molecule has 0 amide bonds. The van der Waals surface area contributed by atoms with Crippen LogP contribution in [0.3, 0.4) is 0 Å². The lowest BCUT2D eigenvalue weighted by atomic mass is 9.41. The van der Waals surface area contributed by atoms with Crippen molar-refractivity contribution < 1.29 is 10.2 Å². The number of nitrogens with one attached hydrogen (secondary N) is 1. The van der Waals surface area contributed by atoms with E-state index in [2.05, 4.69) is 41.4 Å². The normalized spacial score (nSPS) is 50.6. The Bertz CT molecular complexity index is 742. The monoisotopic (exact) mass is 416 g/mol. The lowest BCUT2D eigenvalue weighted by Crippen LogP contribution is -2.62. The maximum absolute atomic E-state index is 11.7. The first-order valence-electron chi connectivity index (χ1n) is 12.5. The minimum atomic E-state index is -0.205. The van der Waals surface area contributed by atoms with E-state index in [1.54, 1.807) is 0 Å². The van der Waals surface area contributed by atoms with Gasteiger partial charge in [-0.2, -0.15) is 5.21 Å². The van der Waals surface area contributed by atoms with E-state index in [0.29, 0.717) is 40.9 Å². The lowest BCUT2D eigenvalue weighted by molar-refractivity contribution is -0.202. The van der Waals surface area contributed by atoms with Crippen LogP contribution in [0, 0.1) is 46.3 Å². The highest BCUT2D eigenvalue weighted by atomic mass is 16.3. The topological polar surface area (TPSA) is 94.9 Å². The zero-order valence-corrected chi connectivity index (χ0v) is 18.9.